The van der Waals surface area contributed by atoms with Gasteiger partial charge in [0.15, 0.2) is 11.5 Å². The smallest absolute Gasteiger partial charge is 0.295 e. The molecule has 0 saturated carbocycles. The molecule has 0 aliphatic rings. The number of methoxy groups -OCH3 is 3. The Morgan fingerprint density at radius 3 is 2.17 bits per heavy atom. The molecule has 8 nitrogen and oxygen atoms in total. The summed E-state index contributed by atoms with van der Waals surface area (Å²) in [5.74, 6) is 0.465. The molecule has 0 aliphatic carbocycles. The maximum atomic E-state index is 13.0. The van der Waals surface area contributed by atoms with Crippen LogP contribution in [-0.4, -0.2) is 36.6 Å². The van der Waals surface area contributed by atoms with E-state index in [1.807, 2.05) is 30.3 Å². The number of anilines is 1. The normalized spacial score (nSPS) is 10.5. The summed E-state index contributed by atoms with van der Waals surface area (Å²) in [4.78, 5) is 26.0. The number of benzene rings is 2. The first kappa shape index (κ1) is 20.1. The number of carbonyl (C=O) groups excluding carboxylic acids is 1. The van der Waals surface area contributed by atoms with Crippen LogP contribution in [0.15, 0.2) is 47.3 Å². The molecule has 3 aromatic rings. The standard InChI is InChI=1S/C21H23N3O5/c1-13-17(21(26)24(23(13)2)14-9-7-6-8-10-14)22-20(25)15-11-12-16(27-3)19(29-5)18(15)28-4/h6-12H,1-5H3,(H,22,25). The van der Waals surface area contributed by atoms with E-state index in [2.05, 4.69) is 5.32 Å². The summed E-state index contributed by atoms with van der Waals surface area (Å²) >= 11 is 0. The third-order valence-corrected chi connectivity index (χ3v) is 4.74. The highest BCUT2D eigenvalue weighted by atomic mass is 16.5. The molecule has 0 aliphatic heterocycles. The topological polar surface area (TPSA) is 83.7 Å². The number of carbonyl (C=O) groups is 1. The van der Waals surface area contributed by atoms with Gasteiger partial charge in [0.2, 0.25) is 5.75 Å². The molecule has 2 aromatic carbocycles. The third-order valence-electron chi connectivity index (χ3n) is 4.74. The van der Waals surface area contributed by atoms with Gasteiger partial charge in [0.1, 0.15) is 5.69 Å². The number of para-hydroxylation sites is 1. The number of aromatic nitrogens is 2. The lowest BCUT2D eigenvalue weighted by molar-refractivity contribution is 0.102. The molecule has 3 rings (SSSR count). The highest BCUT2D eigenvalue weighted by Crippen LogP contribution is 2.39. The van der Waals surface area contributed by atoms with Gasteiger partial charge in [-0.3, -0.25) is 14.3 Å². The van der Waals surface area contributed by atoms with E-state index in [-0.39, 0.29) is 22.6 Å². The van der Waals surface area contributed by atoms with Crippen molar-refractivity contribution in [1.82, 2.24) is 9.36 Å². The maximum absolute atomic E-state index is 13.0. The van der Waals surface area contributed by atoms with Crippen LogP contribution in [0.5, 0.6) is 17.2 Å². The van der Waals surface area contributed by atoms with Crippen LogP contribution in [0.4, 0.5) is 5.69 Å². The minimum Gasteiger partial charge on any atom is -0.493 e. The molecule has 29 heavy (non-hydrogen) atoms. The van der Waals surface area contributed by atoms with E-state index >= 15 is 0 Å². The van der Waals surface area contributed by atoms with Crippen LogP contribution in [0.2, 0.25) is 0 Å². The van der Waals surface area contributed by atoms with Crippen LogP contribution in [0.3, 0.4) is 0 Å². The van der Waals surface area contributed by atoms with Crippen molar-refractivity contribution in [2.24, 2.45) is 7.05 Å². The SMILES string of the molecule is COc1ccc(C(=O)Nc2c(C)n(C)n(-c3ccccc3)c2=O)c(OC)c1OC. The zero-order valence-electron chi connectivity index (χ0n) is 17.0. The Balaban J connectivity index is 2.04. The quantitative estimate of drug-likeness (QED) is 0.692. The van der Waals surface area contributed by atoms with Crippen molar-refractivity contribution in [2.45, 2.75) is 6.92 Å². The molecule has 0 unspecified atom stereocenters. The van der Waals surface area contributed by atoms with Crippen LogP contribution in [0.25, 0.3) is 5.69 Å². The van der Waals surface area contributed by atoms with Gasteiger partial charge in [-0.15, -0.1) is 0 Å². The van der Waals surface area contributed by atoms with Crippen LogP contribution in [0, 0.1) is 6.92 Å². The first-order chi connectivity index (χ1) is 13.9. The average Bonchev–Trinajstić information content (AvgIpc) is 2.96. The molecule has 8 heteroatoms. The average molecular weight is 397 g/mol. The third kappa shape index (κ3) is 3.44. The van der Waals surface area contributed by atoms with Crippen LogP contribution in [-0.2, 0) is 7.05 Å². The number of ether oxygens (including phenoxy) is 3. The molecule has 0 radical (unpaired) electrons. The van der Waals surface area contributed by atoms with E-state index in [1.165, 1.54) is 26.0 Å². The molecular weight excluding hydrogens is 374 g/mol. The lowest BCUT2D eigenvalue weighted by atomic mass is 10.1. The molecule has 1 heterocycles. The van der Waals surface area contributed by atoms with Crippen molar-refractivity contribution in [2.75, 3.05) is 26.6 Å². The Labute approximate surface area is 168 Å². The number of hydrogen-bond donors (Lipinski definition) is 1. The second-order valence-electron chi connectivity index (χ2n) is 6.27. The molecule has 1 N–H and O–H groups in total. The van der Waals surface area contributed by atoms with Gasteiger partial charge in [0, 0.05) is 7.05 Å². The zero-order chi connectivity index (χ0) is 21.1. The Morgan fingerprint density at radius 1 is 0.931 bits per heavy atom. The molecule has 0 fully saturated rings. The maximum Gasteiger partial charge on any atom is 0.295 e. The second kappa shape index (κ2) is 8.14. The number of nitrogens with one attached hydrogen (secondary N) is 1. The zero-order valence-corrected chi connectivity index (χ0v) is 17.0. The lowest BCUT2D eigenvalue weighted by Gasteiger charge is -2.15. The van der Waals surface area contributed by atoms with Crippen molar-refractivity contribution in [1.29, 1.82) is 0 Å². The molecular formula is C21H23N3O5. The summed E-state index contributed by atoms with van der Waals surface area (Å²) < 4.78 is 19.1. The van der Waals surface area contributed by atoms with Crippen LogP contribution < -0.4 is 25.1 Å². The van der Waals surface area contributed by atoms with E-state index in [9.17, 15) is 9.59 Å². The summed E-state index contributed by atoms with van der Waals surface area (Å²) in [5.41, 5.74) is 1.40. The van der Waals surface area contributed by atoms with Gasteiger partial charge in [-0.25, -0.2) is 4.68 Å². The predicted molar refractivity (Wildman–Crippen MR) is 110 cm³/mol. The van der Waals surface area contributed by atoms with Crippen LogP contribution >= 0.6 is 0 Å². The molecule has 1 amide bonds. The lowest BCUT2D eigenvalue weighted by Crippen LogP contribution is -2.23. The number of rotatable bonds is 6. The Morgan fingerprint density at radius 2 is 1.59 bits per heavy atom. The van der Waals surface area contributed by atoms with E-state index in [4.69, 9.17) is 14.2 Å². The van der Waals surface area contributed by atoms with Crippen molar-refractivity contribution in [3.8, 4) is 22.9 Å². The van der Waals surface area contributed by atoms with E-state index in [0.29, 0.717) is 22.9 Å². The van der Waals surface area contributed by atoms with Crippen LogP contribution in [0.1, 0.15) is 16.1 Å². The second-order valence-corrected chi connectivity index (χ2v) is 6.27. The Bertz CT molecular complexity index is 1100. The van der Waals surface area contributed by atoms with Gasteiger partial charge in [0.05, 0.1) is 38.3 Å². The van der Waals surface area contributed by atoms with Crippen molar-refractivity contribution >= 4 is 11.6 Å². The molecule has 0 bridgehead atoms. The van der Waals surface area contributed by atoms with Gasteiger partial charge in [-0.1, -0.05) is 18.2 Å². The van der Waals surface area contributed by atoms with Gasteiger partial charge < -0.3 is 19.5 Å². The van der Waals surface area contributed by atoms with Gasteiger partial charge in [-0.2, -0.15) is 0 Å². The number of nitrogens with zero attached hydrogens (tertiary/aromatic N) is 2. The molecule has 152 valence electrons. The van der Waals surface area contributed by atoms with E-state index < -0.39 is 5.91 Å². The largest absolute Gasteiger partial charge is 0.493 e. The van der Waals surface area contributed by atoms with Gasteiger partial charge >= 0.3 is 0 Å². The van der Waals surface area contributed by atoms with Crippen molar-refractivity contribution in [3.63, 3.8) is 0 Å². The fourth-order valence-electron chi connectivity index (χ4n) is 3.17. The summed E-state index contributed by atoms with van der Waals surface area (Å²) in [6.45, 7) is 1.77. The summed E-state index contributed by atoms with van der Waals surface area (Å²) in [6, 6.07) is 12.4. The highest BCUT2D eigenvalue weighted by molar-refractivity contribution is 6.07. The fraction of sp³-hybridized carbons (Fsp3) is 0.238. The van der Waals surface area contributed by atoms with E-state index in [0.717, 1.165) is 0 Å². The first-order valence-electron chi connectivity index (χ1n) is 8.88. The van der Waals surface area contributed by atoms with Gasteiger partial charge in [-0.05, 0) is 31.2 Å². The molecule has 0 spiro atoms. The summed E-state index contributed by atoms with van der Waals surface area (Å²) in [7, 11) is 6.15. The fourth-order valence-corrected chi connectivity index (χ4v) is 3.17. The number of amides is 1. The summed E-state index contributed by atoms with van der Waals surface area (Å²) in [5, 5.41) is 2.72. The van der Waals surface area contributed by atoms with Crippen molar-refractivity contribution < 1.29 is 19.0 Å². The highest BCUT2D eigenvalue weighted by Gasteiger charge is 2.24. The van der Waals surface area contributed by atoms with Crippen molar-refractivity contribution in [3.05, 3.63) is 64.1 Å². The molecule has 0 atom stereocenters. The summed E-state index contributed by atoms with van der Waals surface area (Å²) in [6.07, 6.45) is 0. The number of hydrogen-bond acceptors (Lipinski definition) is 5. The van der Waals surface area contributed by atoms with E-state index in [1.54, 1.807) is 30.8 Å². The molecule has 0 saturated heterocycles. The Kier molecular flexibility index (Phi) is 5.63. The minimum absolute atomic E-state index is 0.193. The minimum atomic E-state index is -0.492. The van der Waals surface area contributed by atoms with Gasteiger partial charge in [0.25, 0.3) is 11.5 Å². The predicted octanol–water partition coefficient (Wildman–Crippen LogP) is 2.76. The first-order valence-corrected chi connectivity index (χ1v) is 8.88. The monoisotopic (exact) mass is 397 g/mol. The Hall–Kier alpha value is -3.68. The molecule has 1 aromatic heterocycles.